The van der Waals surface area contributed by atoms with Crippen molar-refractivity contribution in [2.75, 3.05) is 25.4 Å². The molecule has 3 N–H and O–H groups in total. The molecule has 1 aromatic rings. The highest BCUT2D eigenvalue weighted by Gasteiger charge is 2.35. The van der Waals surface area contributed by atoms with E-state index in [1.54, 1.807) is 12.4 Å². The van der Waals surface area contributed by atoms with E-state index in [0.29, 0.717) is 16.4 Å². The lowest BCUT2D eigenvalue weighted by molar-refractivity contribution is 0.133. The van der Waals surface area contributed by atoms with E-state index in [1.165, 1.54) is 31.0 Å². The van der Waals surface area contributed by atoms with Crippen LogP contribution in [0.3, 0.4) is 0 Å². The third-order valence-corrected chi connectivity index (χ3v) is 6.76. The van der Waals surface area contributed by atoms with Gasteiger partial charge in [-0.15, -0.1) is 0 Å². The van der Waals surface area contributed by atoms with E-state index in [0.717, 1.165) is 48.2 Å². The second kappa shape index (κ2) is 9.08. The Bertz CT molecular complexity index is 732. The van der Waals surface area contributed by atoms with Crippen LogP contribution < -0.4 is 11.1 Å². The molecule has 0 aliphatic carbocycles. The van der Waals surface area contributed by atoms with Crippen molar-refractivity contribution in [2.24, 2.45) is 9.98 Å². The molecule has 0 unspecified atom stereocenters. The van der Waals surface area contributed by atoms with Crippen LogP contribution in [0.1, 0.15) is 39.0 Å². The third kappa shape index (κ3) is 5.03. The predicted molar refractivity (Wildman–Crippen MR) is 116 cm³/mol. The molecule has 2 fully saturated rings. The molecule has 6 nitrogen and oxygen atoms in total. The highest BCUT2D eigenvalue weighted by atomic mass is 35.5. The Kier molecular flexibility index (Phi) is 6.78. The number of rotatable bonds is 4. The number of nitrogens with two attached hydrogens (primary N) is 1. The van der Waals surface area contributed by atoms with Gasteiger partial charge in [-0.05, 0) is 51.9 Å². The lowest BCUT2D eigenvalue weighted by Crippen LogP contribution is -2.55. The van der Waals surface area contributed by atoms with Crippen LogP contribution in [0.4, 0.5) is 5.82 Å². The van der Waals surface area contributed by atoms with Gasteiger partial charge in [-0.2, -0.15) is 0 Å². The fourth-order valence-corrected chi connectivity index (χ4v) is 4.67. The summed E-state index contributed by atoms with van der Waals surface area (Å²) < 4.78 is 0. The van der Waals surface area contributed by atoms with Gasteiger partial charge < -0.3 is 16.0 Å². The number of likely N-dealkylation sites (tertiary alicyclic amines) is 1. The number of hydrogen-bond donors (Lipinski definition) is 2. The van der Waals surface area contributed by atoms with Crippen LogP contribution in [0.25, 0.3) is 0 Å². The molecule has 3 heterocycles. The second-order valence-electron chi connectivity index (χ2n) is 7.06. The standard InChI is InChI=1S/C19H27ClN6S/c1-14(27-15-5-10-23-18(21)17(15)20)24-13-16(22-2)26-11-7-19(8-12-26)6-3-4-9-25-19/h5,10,13,25H,2-4,6-9,11-12H2,1H3,(H2,21,23)/b16-13+,24-14?. The lowest BCUT2D eigenvalue weighted by Gasteiger charge is -2.45. The summed E-state index contributed by atoms with van der Waals surface area (Å²) in [6, 6.07) is 1.83. The zero-order valence-corrected chi connectivity index (χ0v) is 17.3. The van der Waals surface area contributed by atoms with Crippen LogP contribution in [-0.4, -0.2) is 46.8 Å². The van der Waals surface area contributed by atoms with Crippen molar-refractivity contribution in [1.82, 2.24) is 15.2 Å². The number of thioether (sulfide) groups is 1. The normalized spacial score (nSPS) is 20.7. The number of nitrogens with zero attached hydrogens (tertiary/aromatic N) is 4. The first-order valence-corrected chi connectivity index (χ1v) is 10.5. The monoisotopic (exact) mass is 406 g/mol. The number of aliphatic imine (C=N–C) groups is 2. The first-order valence-electron chi connectivity index (χ1n) is 9.32. The maximum Gasteiger partial charge on any atom is 0.146 e. The number of aromatic nitrogens is 1. The molecule has 0 atom stereocenters. The van der Waals surface area contributed by atoms with E-state index in [-0.39, 0.29) is 0 Å². The summed E-state index contributed by atoms with van der Waals surface area (Å²) in [7, 11) is 0. The second-order valence-corrected chi connectivity index (χ2v) is 8.67. The van der Waals surface area contributed by atoms with E-state index in [1.807, 2.05) is 13.0 Å². The van der Waals surface area contributed by atoms with Gasteiger partial charge in [-0.1, -0.05) is 29.8 Å². The number of piperidine rings is 2. The average molecular weight is 407 g/mol. The smallest absolute Gasteiger partial charge is 0.146 e. The Hall–Kier alpha value is -1.57. The summed E-state index contributed by atoms with van der Waals surface area (Å²) in [6.07, 6.45) is 9.63. The zero-order valence-electron chi connectivity index (χ0n) is 15.7. The predicted octanol–water partition coefficient (Wildman–Crippen LogP) is 3.94. The summed E-state index contributed by atoms with van der Waals surface area (Å²) in [5.74, 6) is 1.15. The van der Waals surface area contributed by atoms with Crippen molar-refractivity contribution < 1.29 is 0 Å². The topological polar surface area (TPSA) is 78.9 Å². The first-order chi connectivity index (χ1) is 13.0. The Balaban J connectivity index is 1.63. The van der Waals surface area contributed by atoms with Gasteiger partial charge in [0.1, 0.15) is 11.6 Å². The fourth-order valence-electron chi connectivity index (χ4n) is 3.70. The molecular formula is C19H27ClN6S. The van der Waals surface area contributed by atoms with Crippen LogP contribution in [0.2, 0.25) is 5.02 Å². The molecule has 2 aliphatic heterocycles. The SMILES string of the molecule is C=N/C(=C\N=C(C)Sc1ccnc(N)c1Cl)N1CCC2(CCCCN2)CC1. The number of halogens is 1. The van der Waals surface area contributed by atoms with E-state index < -0.39 is 0 Å². The van der Waals surface area contributed by atoms with Crippen LogP contribution in [0, 0.1) is 0 Å². The molecule has 0 bridgehead atoms. The Morgan fingerprint density at radius 1 is 1.41 bits per heavy atom. The molecule has 0 amide bonds. The molecule has 27 heavy (non-hydrogen) atoms. The van der Waals surface area contributed by atoms with Crippen LogP contribution in [0.5, 0.6) is 0 Å². The molecular weight excluding hydrogens is 380 g/mol. The van der Waals surface area contributed by atoms with Gasteiger partial charge in [0.25, 0.3) is 0 Å². The van der Waals surface area contributed by atoms with E-state index in [4.69, 9.17) is 17.3 Å². The van der Waals surface area contributed by atoms with Crippen LogP contribution in [0.15, 0.2) is 39.2 Å². The zero-order chi connectivity index (χ0) is 19.3. The molecule has 2 aliphatic rings. The maximum atomic E-state index is 6.20. The van der Waals surface area contributed by atoms with E-state index >= 15 is 0 Å². The molecule has 3 rings (SSSR count). The van der Waals surface area contributed by atoms with Crippen molar-refractivity contribution in [2.45, 2.75) is 49.5 Å². The van der Waals surface area contributed by atoms with E-state index in [9.17, 15) is 0 Å². The molecule has 0 radical (unpaired) electrons. The van der Waals surface area contributed by atoms with Crippen molar-refractivity contribution >= 4 is 40.9 Å². The summed E-state index contributed by atoms with van der Waals surface area (Å²) in [5.41, 5.74) is 6.08. The first kappa shape index (κ1) is 20.2. The average Bonchev–Trinajstić information content (AvgIpc) is 2.68. The van der Waals surface area contributed by atoms with Gasteiger partial charge in [0, 0.05) is 29.7 Å². The summed E-state index contributed by atoms with van der Waals surface area (Å²) in [5, 5.41) is 5.06. The minimum Gasteiger partial charge on any atom is -0.382 e. The van der Waals surface area contributed by atoms with Crippen molar-refractivity contribution in [1.29, 1.82) is 0 Å². The fraction of sp³-hybridized carbons (Fsp3) is 0.526. The molecule has 0 aromatic carbocycles. The van der Waals surface area contributed by atoms with Crippen LogP contribution >= 0.6 is 23.4 Å². The van der Waals surface area contributed by atoms with Gasteiger partial charge in [0.15, 0.2) is 0 Å². The van der Waals surface area contributed by atoms with Gasteiger partial charge >= 0.3 is 0 Å². The third-order valence-electron chi connectivity index (χ3n) is 5.29. The minimum atomic E-state index is 0.327. The quantitative estimate of drug-likeness (QED) is 0.450. The Morgan fingerprint density at radius 2 is 2.19 bits per heavy atom. The molecule has 2 saturated heterocycles. The maximum absolute atomic E-state index is 6.20. The summed E-state index contributed by atoms with van der Waals surface area (Å²) in [4.78, 5) is 15.8. The molecule has 1 aromatic heterocycles. The van der Waals surface area contributed by atoms with Gasteiger partial charge in [0.2, 0.25) is 0 Å². The molecule has 1 spiro atoms. The Morgan fingerprint density at radius 3 is 2.85 bits per heavy atom. The van der Waals surface area contributed by atoms with Crippen LogP contribution in [-0.2, 0) is 0 Å². The minimum absolute atomic E-state index is 0.327. The highest BCUT2D eigenvalue weighted by molar-refractivity contribution is 8.14. The van der Waals surface area contributed by atoms with Crippen molar-refractivity contribution in [3.63, 3.8) is 0 Å². The lowest BCUT2D eigenvalue weighted by atomic mass is 9.80. The number of pyridine rings is 1. The molecule has 146 valence electrons. The van der Waals surface area contributed by atoms with Gasteiger partial charge in [-0.3, -0.25) is 4.99 Å². The molecule has 0 saturated carbocycles. The van der Waals surface area contributed by atoms with Gasteiger partial charge in [-0.25, -0.2) is 9.98 Å². The largest absolute Gasteiger partial charge is 0.382 e. The molecule has 8 heteroatoms. The van der Waals surface area contributed by atoms with Crippen molar-refractivity contribution in [3.8, 4) is 0 Å². The number of nitrogen functional groups attached to an aromatic ring is 1. The van der Waals surface area contributed by atoms with Gasteiger partial charge in [0.05, 0.1) is 16.3 Å². The Labute approximate surface area is 170 Å². The van der Waals surface area contributed by atoms with Crippen molar-refractivity contribution in [3.05, 3.63) is 29.3 Å². The summed E-state index contributed by atoms with van der Waals surface area (Å²) >= 11 is 7.66. The number of anilines is 1. The summed E-state index contributed by atoms with van der Waals surface area (Å²) in [6.45, 7) is 8.77. The number of nitrogens with one attached hydrogen (secondary N) is 1. The van der Waals surface area contributed by atoms with E-state index in [2.05, 4.69) is 31.9 Å². The highest BCUT2D eigenvalue weighted by Crippen LogP contribution is 2.33. The number of hydrogen-bond acceptors (Lipinski definition) is 7.